The third kappa shape index (κ3) is 9.01. The van der Waals surface area contributed by atoms with Gasteiger partial charge >= 0.3 is 0 Å². The van der Waals surface area contributed by atoms with Crippen molar-refractivity contribution in [3.05, 3.63) is 0 Å². The summed E-state index contributed by atoms with van der Waals surface area (Å²) >= 11 is 3.49. The lowest BCUT2D eigenvalue weighted by Gasteiger charge is -2.25. The zero-order valence-electron chi connectivity index (χ0n) is 10.0. The van der Waals surface area contributed by atoms with Crippen molar-refractivity contribution in [2.45, 2.75) is 64.8 Å². The lowest BCUT2D eigenvalue weighted by Crippen LogP contribution is -2.40. The zero-order chi connectivity index (χ0) is 10.9. The Hall–Kier alpha value is 0.440. The van der Waals surface area contributed by atoms with E-state index >= 15 is 0 Å². The van der Waals surface area contributed by atoms with Gasteiger partial charge in [0.25, 0.3) is 0 Å². The molecule has 0 aliphatic rings. The van der Waals surface area contributed by atoms with Crippen molar-refractivity contribution in [1.82, 2.24) is 5.32 Å². The van der Waals surface area contributed by atoms with Gasteiger partial charge in [-0.3, -0.25) is 0 Å². The number of rotatable bonds is 9. The number of halogens is 1. The first-order valence-electron chi connectivity index (χ1n) is 5.93. The van der Waals surface area contributed by atoms with Crippen molar-refractivity contribution in [2.75, 3.05) is 11.9 Å². The fourth-order valence-electron chi connectivity index (χ4n) is 1.48. The van der Waals surface area contributed by atoms with Gasteiger partial charge in [0.2, 0.25) is 0 Å². The fourth-order valence-corrected chi connectivity index (χ4v) is 2.47. The molecule has 0 unspecified atom stereocenters. The van der Waals surface area contributed by atoms with Crippen LogP contribution in [0.15, 0.2) is 0 Å². The maximum atomic E-state index is 3.61. The number of nitrogens with one attached hydrogen (secondary N) is 1. The molecule has 0 aliphatic heterocycles. The minimum absolute atomic E-state index is 0.300. The maximum absolute atomic E-state index is 3.61. The number of alkyl halides is 1. The van der Waals surface area contributed by atoms with Crippen LogP contribution in [0.3, 0.4) is 0 Å². The minimum Gasteiger partial charge on any atom is -0.312 e. The van der Waals surface area contributed by atoms with Crippen LogP contribution in [0.4, 0.5) is 0 Å². The Kier molecular flexibility index (Phi) is 9.00. The number of hydrogen-bond acceptors (Lipinski definition) is 1. The molecular formula is C12H26BrN. The topological polar surface area (TPSA) is 12.0 Å². The quantitative estimate of drug-likeness (QED) is 0.488. The van der Waals surface area contributed by atoms with Gasteiger partial charge in [-0.15, -0.1) is 0 Å². The molecule has 0 aromatic heterocycles. The van der Waals surface area contributed by atoms with Gasteiger partial charge in [0.1, 0.15) is 0 Å². The molecule has 2 heteroatoms. The van der Waals surface area contributed by atoms with Gasteiger partial charge in [-0.1, -0.05) is 48.5 Å². The van der Waals surface area contributed by atoms with E-state index in [1.165, 1.54) is 45.1 Å². The van der Waals surface area contributed by atoms with Crippen LogP contribution in [0.2, 0.25) is 0 Å². The van der Waals surface area contributed by atoms with Crippen LogP contribution in [0.1, 0.15) is 59.3 Å². The van der Waals surface area contributed by atoms with Crippen molar-refractivity contribution in [1.29, 1.82) is 0 Å². The highest BCUT2D eigenvalue weighted by molar-refractivity contribution is 9.09. The van der Waals surface area contributed by atoms with E-state index < -0.39 is 0 Å². The molecule has 0 aromatic rings. The molecule has 0 aliphatic carbocycles. The van der Waals surface area contributed by atoms with Crippen LogP contribution in [0.5, 0.6) is 0 Å². The maximum Gasteiger partial charge on any atom is 0.0133 e. The first kappa shape index (κ1) is 14.4. The lowest BCUT2D eigenvalue weighted by molar-refractivity contribution is 0.374. The molecule has 0 amide bonds. The van der Waals surface area contributed by atoms with Crippen molar-refractivity contribution in [3.63, 3.8) is 0 Å². The predicted molar refractivity (Wildman–Crippen MR) is 69.3 cm³/mol. The molecule has 86 valence electrons. The summed E-state index contributed by atoms with van der Waals surface area (Å²) in [4.78, 5) is 0. The summed E-state index contributed by atoms with van der Waals surface area (Å²) in [7, 11) is 0. The van der Waals surface area contributed by atoms with E-state index in [0.29, 0.717) is 5.54 Å². The van der Waals surface area contributed by atoms with Crippen molar-refractivity contribution in [2.24, 2.45) is 0 Å². The van der Waals surface area contributed by atoms with Crippen LogP contribution >= 0.6 is 15.9 Å². The van der Waals surface area contributed by atoms with E-state index in [1.807, 2.05) is 0 Å². The summed E-state index contributed by atoms with van der Waals surface area (Å²) in [5.41, 5.74) is 0.300. The van der Waals surface area contributed by atoms with Crippen molar-refractivity contribution in [3.8, 4) is 0 Å². The van der Waals surface area contributed by atoms with Crippen LogP contribution in [-0.4, -0.2) is 17.4 Å². The molecule has 0 saturated carbocycles. The first-order chi connectivity index (χ1) is 6.62. The normalized spacial score (nSPS) is 12.0. The van der Waals surface area contributed by atoms with E-state index in [4.69, 9.17) is 0 Å². The lowest BCUT2D eigenvalue weighted by atomic mass is 10.0. The summed E-state index contributed by atoms with van der Waals surface area (Å²) in [6.07, 6.45) is 8.03. The summed E-state index contributed by atoms with van der Waals surface area (Å²) in [5.74, 6) is 0. The number of unbranched alkanes of at least 4 members (excludes halogenated alkanes) is 4. The molecule has 0 spiro atoms. The molecule has 14 heavy (non-hydrogen) atoms. The van der Waals surface area contributed by atoms with Crippen molar-refractivity contribution >= 4 is 15.9 Å². The van der Waals surface area contributed by atoms with Crippen LogP contribution in [0.25, 0.3) is 0 Å². The Morgan fingerprint density at radius 2 is 1.71 bits per heavy atom. The molecule has 0 bridgehead atoms. The Morgan fingerprint density at radius 3 is 2.29 bits per heavy atom. The smallest absolute Gasteiger partial charge is 0.0133 e. The van der Waals surface area contributed by atoms with E-state index in [0.717, 1.165) is 5.33 Å². The van der Waals surface area contributed by atoms with Gasteiger partial charge in [0, 0.05) is 10.9 Å². The van der Waals surface area contributed by atoms with E-state index in [2.05, 4.69) is 42.0 Å². The summed E-state index contributed by atoms with van der Waals surface area (Å²) in [6, 6.07) is 0. The van der Waals surface area contributed by atoms with Crippen molar-refractivity contribution < 1.29 is 0 Å². The molecule has 0 saturated heterocycles. The van der Waals surface area contributed by atoms with Crippen LogP contribution in [-0.2, 0) is 0 Å². The van der Waals surface area contributed by atoms with Gasteiger partial charge in [-0.2, -0.15) is 0 Å². The van der Waals surface area contributed by atoms with E-state index in [9.17, 15) is 0 Å². The molecule has 0 atom stereocenters. The molecular weight excluding hydrogens is 238 g/mol. The van der Waals surface area contributed by atoms with E-state index in [-0.39, 0.29) is 0 Å². The Morgan fingerprint density at radius 1 is 1.07 bits per heavy atom. The second kappa shape index (κ2) is 8.72. The average Bonchev–Trinajstić information content (AvgIpc) is 2.11. The largest absolute Gasteiger partial charge is 0.312 e. The minimum atomic E-state index is 0.300. The van der Waals surface area contributed by atoms with Gasteiger partial charge in [0.05, 0.1) is 0 Å². The first-order valence-corrected chi connectivity index (χ1v) is 7.05. The van der Waals surface area contributed by atoms with Crippen LogP contribution in [0, 0.1) is 0 Å². The third-order valence-corrected chi connectivity index (χ3v) is 3.00. The molecule has 0 fully saturated rings. The SMILES string of the molecule is CCCCCCCNC(C)(C)CCBr. The van der Waals surface area contributed by atoms with Gasteiger partial charge in [0.15, 0.2) is 0 Å². The second-order valence-electron chi connectivity index (χ2n) is 4.66. The van der Waals surface area contributed by atoms with Gasteiger partial charge in [-0.25, -0.2) is 0 Å². The molecule has 0 aromatic carbocycles. The Balaban J connectivity index is 3.26. The summed E-state index contributed by atoms with van der Waals surface area (Å²) in [5, 5.41) is 4.69. The summed E-state index contributed by atoms with van der Waals surface area (Å²) in [6.45, 7) is 7.99. The zero-order valence-corrected chi connectivity index (χ0v) is 11.6. The summed E-state index contributed by atoms with van der Waals surface area (Å²) < 4.78 is 0. The van der Waals surface area contributed by atoms with Gasteiger partial charge < -0.3 is 5.32 Å². The van der Waals surface area contributed by atoms with Gasteiger partial charge in [-0.05, 0) is 33.2 Å². The highest BCUT2D eigenvalue weighted by Gasteiger charge is 2.14. The monoisotopic (exact) mass is 263 g/mol. The molecule has 1 nitrogen and oxygen atoms in total. The fraction of sp³-hybridized carbons (Fsp3) is 1.00. The predicted octanol–water partition coefficient (Wildman–Crippen LogP) is 4.11. The average molecular weight is 264 g/mol. The highest BCUT2D eigenvalue weighted by atomic mass is 79.9. The molecule has 0 radical (unpaired) electrons. The van der Waals surface area contributed by atoms with E-state index in [1.54, 1.807) is 0 Å². The molecule has 1 N–H and O–H groups in total. The number of hydrogen-bond donors (Lipinski definition) is 1. The third-order valence-electron chi connectivity index (χ3n) is 2.60. The second-order valence-corrected chi connectivity index (χ2v) is 5.46. The highest BCUT2D eigenvalue weighted by Crippen LogP contribution is 2.10. The van der Waals surface area contributed by atoms with Crippen LogP contribution < -0.4 is 5.32 Å². The standard InChI is InChI=1S/C12H26BrN/c1-4-5-6-7-8-11-14-12(2,3)9-10-13/h14H,4-11H2,1-3H3. The molecule has 0 heterocycles. The Labute approximate surface area is 98.2 Å². The molecule has 0 rings (SSSR count). The Bertz CT molecular complexity index is 123.